The van der Waals surface area contributed by atoms with Crippen molar-refractivity contribution in [2.24, 2.45) is 10.2 Å². The van der Waals surface area contributed by atoms with Crippen LogP contribution in [0.15, 0.2) is 4.40 Å². The van der Waals surface area contributed by atoms with E-state index >= 15 is 0 Å². The number of hydrazine groups is 1. The Morgan fingerprint density at radius 3 is 3.10 bits per heavy atom. The minimum absolute atomic E-state index is 0.292. The molecular formula is C3H8N4O2S. The molecule has 0 saturated heterocycles. The van der Waals surface area contributed by atoms with Crippen LogP contribution in [0.2, 0.25) is 0 Å². The molecule has 0 bridgehead atoms. The van der Waals surface area contributed by atoms with Crippen molar-refractivity contribution in [1.82, 2.24) is 10.5 Å². The first kappa shape index (κ1) is 7.45. The van der Waals surface area contributed by atoms with Gasteiger partial charge in [-0.2, -0.15) is 4.28 Å². The second kappa shape index (κ2) is 2.95. The van der Waals surface area contributed by atoms with E-state index in [0.717, 1.165) is 0 Å². The molecular weight excluding hydrogens is 156 g/mol. The zero-order valence-corrected chi connectivity index (χ0v) is 6.22. The number of nitrogens with two attached hydrogens (primary N) is 1. The van der Waals surface area contributed by atoms with E-state index in [1.165, 1.54) is 5.01 Å². The zero-order valence-electron chi connectivity index (χ0n) is 5.40. The van der Waals surface area contributed by atoms with Gasteiger partial charge in [-0.25, -0.2) is 15.5 Å². The molecule has 0 aromatic rings. The van der Waals surface area contributed by atoms with E-state index in [1.807, 2.05) is 6.92 Å². The smallest absolute Gasteiger partial charge is 0.279 e. The molecule has 0 fully saturated rings. The summed E-state index contributed by atoms with van der Waals surface area (Å²) < 4.78 is 18.3. The molecule has 0 aliphatic carbocycles. The van der Waals surface area contributed by atoms with E-state index in [0.29, 0.717) is 12.5 Å². The highest BCUT2D eigenvalue weighted by molar-refractivity contribution is 7.79. The monoisotopic (exact) mass is 164 g/mol. The Balaban J connectivity index is 2.57. The van der Waals surface area contributed by atoms with Crippen molar-refractivity contribution >= 4 is 17.2 Å². The van der Waals surface area contributed by atoms with Crippen LogP contribution < -0.4 is 11.3 Å². The Morgan fingerprint density at radius 1 is 2.00 bits per heavy atom. The summed E-state index contributed by atoms with van der Waals surface area (Å²) in [5, 5.41) is 1.30. The lowest BCUT2D eigenvalue weighted by atomic mass is 10.7. The van der Waals surface area contributed by atoms with Gasteiger partial charge in [-0.15, -0.1) is 4.40 Å². The maximum atomic E-state index is 10.4. The molecule has 10 heavy (non-hydrogen) atoms. The standard InChI is InChI=1S/C3H8N4O2S/c1-2-7(4)3-5-9-10(8)6-3/h2,4H2,1H3,(H,5,6). The van der Waals surface area contributed by atoms with Crippen molar-refractivity contribution in [2.75, 3.05) is 6.54 Å². The van der Waals surface area contributed by atoms with Crippen molar-refractivity contribution in [3.63, 3.8) is 0 Å². The van der Waals surface area contributed by atoms with Gasteiger partial charge in [-0.3, -0.25) is 5.01 Å². The van der Waals surface area contributed by atoms with Crippen molar-refractivity contribution in [2.45, 2.75) is 6.92 Å². The number of guanidine groups is 1. The molecule has 7 heteroatoms. The van der Waals surface area contributed by atoms with Gasteiger partial charge < -0.3 is 0 Å². The van der Waals surface area contributed by atoms with E-state index < -0.39 is 11.3 Å². The van der Waals surface area contributed by atoms with Gasteiger partial charge in [-0.05, 0) is 6.92 Å². The Labute approximate surface area is 60.8 Å². The highest BCUT2D eigenvalue weighted by Crippen LogP contribution is 1.95. The van der Waals surface area contributed by atoms with Crippen molar-refractivity contribution in [3.8, 4) is 0 Å². The van der Waals surface area contributed by atoms with Gasteiger partial charge in [0.2, 0.25) is 5.96 Å². The van der Waals surface area contributed by atoms with Crippen LogP contribution in [-0.2, 0) is 15.6 Å². The quantitative estimate of drug-likeness (QED) is 0.370. The summed E-state index contributed by atoms with van der Waals surface area (Å²) in [6.07, 6.45) is 0. The lowest BCUT2D eigenvalue weighted by Crippen LogP contribution is -2.42. The van der Waals surface area contributed by atoms with E-state index in [1.54, 1.807) is 0 Å². The molecule has 1 rings (SSSR count). The number of hydrogen-bond acceptors (Lipinski definition) is 5. The highest BCUT2D eigenvalue weighted by atomic mass is 32.2. The lowest BCUT2D eigenvalue weighted by Gasteiger charge is -2.12. The minimum atomic E-state index is -1.62. The molecule has 1 atom stereocenters. The molecule has 1 aliphatic heterocycles. The zero-order chi connectivity index (χ0) is 7.56. The third-order valence-electron chi connectivity index (χ3n) is 0.978. The van der Waals surface area contributed by atoms with Gasteiger partial charge in [0.25, 0.3) is 0 Å². The van der Waals surface area contributed by atoms with Gasteiger partial charge in [0.15, 0.2) is 0 Å². The first-order chi connectivity index (χ1) is 4.74. The van der Waals surface area contributed by atoms with Crippen LogP contribution >= 0.6 is 0 Å². The molecule has 1 heterocycles. The fourth-order valence-electron chi connectivity index (χ4n) is 0.442. The molecule has 0 spiro atoms. The Kier molecular flexibility index (Phi) is 2.20. The Morgan fingerprint density at radius 2 is 2.70 bits per heavy atom. The fraction of sp³-hybridized carbons (Fsp3) is 0.667. The molecule has 0 radical (unpaired) electrons. The highest BCUT2D eigenvalue weighted by Gasteiger charge is 2.15. The van der Waals surface area contributed by atoms with Gasteiger partial charge >= 0.3 is 11.3 Å². The first-order valence-corrected chi connectivity index (χ1v) is 3.73. The van der Waals surface area contributed by atoms with Crippen LogP contribution in [0.3, 0.4) is 0 Å². The number of hydroxylamine groups is 1. The summed E-state index contributed by atoms with van der Waals surface area (Å²) in [7, 11) is 0. The summed E-state index contributed by atoms with van der Waals surface area (Å²) in [5.74, 6) is 5.66. The fourth-order valence-corrected chi connectivity index (χ4v) is 0.908. The van der Waals surface area contributed by atoms with Crippen molar-refractivity contribution in [1.29, 1.82) is 0 Å². The number of nitrogens with zero attached hydrogens (tertiary/aromatic N) is 2. The summed E-state index contributed by atoms with van der Waals surface area (Å²) in [5.41, 5.74) is 2.31. The van der Waals surface area contributed by atoms with E-state index in [-0.39, 0.29) is 0 Å². The summed E-state index contributed by atoms with van der Waals surface area (Å²) in [6.45, 7) is 2.41. The van der Waals surface area contributed by atoms with Gasteiger partial charge in [0.1, 0.15) is 0 Å². The molecule has 6 nitrogen and oxygen atoms in total. The summed E-state index contributed by atoms with van der Waals surface area (Å²) in [6, 6.07) is 0. The molecule has 3 N–H and O–H groups in total. The molecule has 0 aromatic heterocycles. The third kappa shape index (κ3) is 1.43. The Bertz CT molecular complexity index is 181. The lowest BCUT2D eigenvalue weighted by molar-refractivity contribution is 0.279. The second-order valence-corrected chi connectivity index (χ2v) is 2.39. The number of nitrogens with one attached hydrogen (secondary N) is 1. The van der Waals surface area contributed by atoms with E-state index in [2.05, 4.69) is 14.2 Å². The SMILES string of the molecule is CCN(N)C1=NS(=O)ON1. The van der Waals surface area contributed by atoms with Crippen molar-refractivity contribution in [3.05, 3.63) is 0 Å². The number of rotatable bonds is 1. The second-order valence-electron chi connectivity index (χ2n) is 1.60. The maximum absolute atomic E-state index is 10.4. The predicted molar refractivity (Wildman–Crippen MR) is 36.4 cm³/mol. The third-order valence-corrected chi connectivity index (χ3v) is 1.53. The molecule has 0 saturated carbocycles. The van der Waals surface area contributed by atoms with Gasteiger partial charge in [0.05, 0.1) is 0 Å². The summed E-state index contributed by atoms with van der Waals surface area (Å²) >= 11 is -1.62. The minimum Gasteiger partial charge on any atom is -0.279 e. The van der Waals surface area contributed by atoms with Crippen LogP contribution in [0.5, 0.6) is 0 Å². The molecule has 1 unspecified atom stereocenters. The van der Waals surface area contributed by atoms with Gasteiger partial charge in [0, 0.05) is 6.54 Å². The van der Waals surface area contributed by atoms with Crippen LogP contribution in [0, 0.1) is 0 Å². The van der Waals surface area contributed by atoms with Crippen molar-refractivity contribution < 1.29 is 8.49 Å². The summed E-state index contributed by atoms with van der Waals surface area (Å²) in [4.78, 5) is 0. The van der Waals surface area contributed by atoms with Crippen LogP contribution in [0.1, 0.15) is 6.92 Å². The van der Waals surface area contributed by atoms with Crippen LogP contribution in [-0.4, -0.2) is 21.7 Å². The first-order valence-electron chi connectivity index (χ1n) is 2.70. The average molecular weight is 164 g/mol. The maximum Gasteiger partial charge on any atom is 0.310 e. The predicted octanol–water partition coefficient (Wildman–Crippen LogP) is -1.35. The normalized spacial score (nSPS) is 23.8. The van der Waals surface area contributed by atoms with Crippen LogP contribution in [0.4, 0.5) is 0 Å². The van der Waals surface area contributed by atoms with Gasteiger partial charge in [-0.1, -0.05) is 0 Å². The molecule has 0 aromatic carbocycles. The topological polar surface area (TPSA) is 80.0 Å². The largest absolute Gasteiger partial charge is 0.310 e. The average Bonchev–Trinajstić information content (AvgIpc) is 2.34. The van der Waals surface area contributed by atoms with E-state index in [9.17, 15) is 4.21 Å². The number of hydrogen-bond donors (Lipinski definition) is 2. The Hall–Kier alpha value is -0.660. The van der Waals surface area contributed by atoms with Crippen LogP contribution in [0.25, 0.3) is 0 Å². The molecule has 0 amide bonds. The molecule has 1 aliphatic rings. The molecule has 58 valence electrons. The van der Waals surface area contributed by atoms with E-state index in [4.69, 9.17) is 5.84 Å².